The van der Waals surface area contributed by atoms with Crippen LogP contribution in [0.15, 0.2) is 54.6 Å². The monoisotopic (exact) mass is 366 g/mol. The molecular formula is C22H28N3O2+. The third-order valence-electron chi connectivity index (χ3n) is 5.41. The first-order chi connectivity index (χ1) is 13.0. The Morgan fingerprint density at radius 3 is 2.67 bits per heavy atom. The molecule has 0 aliphatic carbocycles. The lowest BCUT2D eigenvalue weighted by molar-refractivity contribution is -0.919. The average molecular weight is 366 g/mol. The highest BCUT2D eigenvalue weighted by atomic mass is 16.2. The van der Waals surface area contributed by atoms with Crippen LogP contribution in [0.25, 0.3) is 0 Å². The molecule has 0 radical (unpaired) electrons. The van der Waals surface area contributed by atoms with Crippen molar-refractivity contribution in [2.24, 2.45) is 5.92 Å². The van der Waals surface area contributed by atoms with Crippen molar-refractivity contribution < 1.29 is 14.5 Å². The number of rotatable bonds is 6. The van der Waals surface area contributed by atoms with Gasteiger partial charge in [0.15, 0.2) is 5.78 Å². The van der Waals surface area contributed by atoms with Crippen LogP contribution in [0.2, 0.25) is 0 Å². The fraction of sp³-hybridized carbons (Fsp3) is 0.364. The molecule has 1 aliphatic rings. The zero-order valence-corrected chi connectivity index (χ0v) is 16.0. The molecule has 1 saturated heterocycles. The van der Waals surface area contributed by atoms with Crippen molar-refractivity contribution in [3.63, 3.8) is 0 Å². The largest absolute Gasteiger partial charge is 0.337 e. The maximum absolute atomic E-state index is 12.2. The Hall–Kier alpha value is -2.66. The molecule has 2 aromatic carbocycles. The van der Waals surface area contributed by atoms with Gasteiger partial charge < -0.3 is 15.5 Å². The third kappa shape index (κ3) is 5.17. The number of likely N-dealkylation sites (tertiary alicyclic amines) is 1. The Labute approximate surface area is 160 Å². The summed E-state index contributed by atoms with van der Waals surface area (Å²) in [5.41, 5.74) is 2.60. The zero-order valence-electron chi connectivity index (χ0n) is 16.0. The van der Waals surface area contributed by atoms with Crippen molar-refractivity contribution in [2.75, 3.05) is 25.0 Å². The number of urea groups is 1. The summed E-state index contributed by atoms with van der Waals surface area (Å²) in [4.78, 5) is 25.2. The number of Topliss-reactive ketones (excluding diaryl/α,β-unsaturated/α-hetero) is 1. The predicted octanol–water partition coefficient (Wildman–Crippen LogP) is 2.68. The summed E-state index contributed by atoms with van der Waals surface area (Å²) >= 11 is 0. The number of benzene rings is 2. The van der Waals surface area contributed by atoms with Crippen molar-refractivity contribution in [1.82, 2.24) is 5.32 Å². The van der Waals surface area contributed by atoms with Crippen LogP contribution in [-0.4, -0.2) is 31.4 Å². The van der Waals surface area contributed by atoms with E-state index in [1.807, 2.05) is 6.07 Å². The highest BCUT2D eigenvalue weighted by Crippen LogP contribution is 2.13. The normalized spacial score (nSPS) is 20.1. The van der Waals surface area contributed by atoms with E-state index in [1.54, 1.807) is 29.2 Å². The van der Waals surface area contributed by atoms with Gasteiger partial charge in [-0.3, -0.25) is 4.79 Å². The Balaban J connectivity index is 1.46. The van der Waals surface area contributed by atoms with Crippen LogP contribution in [0.3, 0.4) is 0 Å². The smallest absolute Gasteiger partial charge is 0.319 e. The van der Waals surface area contributed by atoms with Gasteiger partial charge >= 0.3 is 6.03 Å². The molecule has 0 aromatic heterocycles. The first kappa shape index (κ1) is 19.1. The van der Waals surface area contributed by atoms with Gasteiger partial charge in [0.1, 0.15) is 6.04 Å². The molecule has 1 aliphatic heterocycles. The molecule has 5 nitrogen and oxygen atoms in total. The fourth-order valence-electron chi connectivity index (χ4n) is 3.74. The van der Waals surface area contributed by atoms with Gasteiger partial charge in [-0.1, -0.05) is 42.5 Å². The van der Waals surface area contributed by atoms with Gasteiger partial charge in [0, 0.05) is 35.7 Å². The van der Waals surface area contributed by atoms with Gasteiger partial charge in [-0.05, 0) is 26.0 Å². The second-order valence-electron chi connectivity index (χ2n) is 7.37. The van der Waals surface area contributed by atoms with Crippen LogP contribution >= 0.6 is 0 Å². The Kier molecular flexibility index (Phi) is 6.24. The van der Waals surface area contributed by atoms with E-state index in [0.29, 0.717) is 29.8 Å². The number of carbonyl (C=O) groups excluding carboxylic acids is 2. The summed E-state index contributed by atoms with van der Waals surface area (Å²) in [7, 11) is 0. The molecule has 5 heteroatoms. The summed E-state index contributed by atoms with van der Waals surface area (Å²) < 4.78 is 0. The SMILES string of the molecule is CC(=O)c1cccc(NC(=O)NCC2CC[NH+](C(C)c3ccccc3)C2)c1. The van der Waals surface area contributed by atoms with E-state index in [0.717, 1.165) is 19.5 Å². The van der Waals surface area contributed by atoms with Crippen molar-refractivity contribution in [1.29, 1.82) is 0 Å². The van der Waals surface area contributed by atoms with Gasteiger partial charge in [-0.15, -0.1) is 0 Å². The minimum atomic E-state index is -0.222. The molecule has 0 saturated carbocycles. The number of nitrogens with one attached hydrogen (secondary N) is 3. The predicted molar refractivity (Wildman–Crippen MR) is 107 cm³/mol. The Morgan fingerprint density at radius 2 is 1.93 bits per heavy atom. The lowest BCUT2D eigenvalue weighted by atomic mass is 10.1. The van der Waals surface area contributed by atoms with E-state index in [4.69, 9.17) is 0 Å². The minimum Gasteiger partial charge on any atom is -0.337 e. The summed E-state index contributed by atoms with van der Waals surface area (Å²) in [6.07, 6.45) is 1.12. The number of hydrogen-bond donors (Lipinski definition) is 3. The highest BCUT2D eigenvalue weighted by Gasteiger charge is 2.30. The van der Waals surface area contributed by atoms with Crippen LogP contribution in [-0.2, 0) is 0 Å². The highest BCUT2D eigenvalue weighted by molar-refractivity contribution is 5.96. The molecule has 1 heterocycles. The lowest BCUT2D eigenvalue weighted by Gasteiger charge is -2.22. The zero-order chi connectivity index (χ0) is 19.2. The van der Waals surface area contributed by atoms with E-state index in [-0.39, 0.29) is 11.8 Å². The summed E-state index contributed by atoms with van der Waals surface area (Å²) in [5.74, 6) is 0.473. The van der Waals surface area contributed by atoms with Gasteiger partial charge in [0.2, 0.25) is 0 Å². The first-order valence-electron chi connectivity index (χ1n) is 9.58. The second-order valence-corrected chi connectivity index (χ2v) is 7.37. The molecule has 142 valence electrons. The molecular weight excluding hydrogens is 338 g/mol. The number of carbonyl (C=O) groups is 2. The molecule has 0 spiro atoms. The molecule has 3 N–H and O–H groups in total. The van der Waals surface area contributed by atoms with E-state index in [2.05, 4.69) is 41.8 Å². The number of quaternary nitrogens is 1. The molecule has 3 rings (SSSR count). The van der Waals surface area contributed by atoms with Crippen LogP contribution in [0.5, 0.6) is 0 Å². The number of ketones is 1. The van der Waals surface area contributed by atoms with Crippen molar-refractivity contribution >= 4 is 17.5 Å². The van der Waals surface area contributed by atoms with Crippen molar-refractivity contribution in [2.45, 2.75) is 26.3 Å². The molecule has 1 fully saturated rings. The number of amides is 2. The second kappa shape index (κ2) is 8.82. The third-order valence-corrected chi connectivity index (χ3v) is 5.41. The molecule has 0 bridgehead atoms. The maximum atomic E-state index is 12.2. The molecule has 3 atom stereocenters. The molecule has 2 aromatic rings. The van der Waals surface area contributed by atoms with E-state index < -0.39 is 0 Å². The fourth-order valence-corrected chi connectivity index (χ4v) is 3.74. The summed E-state index contributed by atoms with van der Waals surface area (Å²) in [6, 6.07) is 17.9. The standard InChI is InChI=1S/C22H27N3O2/c1-16(19-7-4-3-5-8-19)25-12-11-18(15-25)14-23-22(27)24-21-10-6-9-20(13-21)17(2)26/h3-10,13,16,18H,11-12,14-15H2,1-2H3,(H2,23,24,27)/p+1. The average Bonchev–Trinajstić information content (AvgIpc) is 3.16. The lowest BCUT2D eigenvalue weighted by Crippen LogP contribution is -3.10. The van der Waals surface area contributed by atoms with Crippen LogP contribution in [0.1, 0.15) is 42.2 Å². The molecule has 27 heavy (non-hydrogen) atoms. The summed E-state index contributed by atoms with van der Waals surface area (Å²) in [5, 5.41) is 5.78. The van der Waals surface area contributed by atoms with Gasteiger partial charge in [-0.25, -0.2) is 4.79 Å². The summed E-state index contributed by atoms with van der Waals surface area (Å²) in [6.45, 7) is 6.66. The number of hydrogen-bond acceptors (Lipinski definition) is 2. The topological polar surface area (TPSA) is 62.6 Å². The van der Waals surface area contributed by atoms with E-state index >= 15 is 0 Å². The van der Waals surface area contributed by atoms with E-state index in [1.165, 1.54) is 12.5 Å². The van der Waals surface area contributed by atoms with Gasteiger partial charge in [-0.2, -0.15) is 0 Å². The Bertz CT molecular complexity index is 791. The number of anilines is 1. The molecule has 3 unspecified atom stereocenters. The van der Waals surface area contributed by atoms with Gasteiger partial charge in [0.05, 0.1) is 13.1 Å². The first-order valence-corrected chi connectivity index (χ1v) is 9.58. The van der Waals surface area contributed by atoms with Crippen LogP contribution in [0, 0.1) is 5.92 Å². The maximum Gasteiger partial charge on any atom is 0.319 e. The van der Waals surface area contributed by atoms with Gasteiger partial charge in [0.25, 0.3) is 0 Å². The molecule has 2 amide bonds. The van der Waals surface area contributed by atoms with Crippen LogP contribution in [0.4, 0.5) is 10.5 Å². The van der Waals surface area contributed by atoms with E-state index in [9.17, 15) is 9.59 Å². The van der Waals surface area contributed by atoms with Crippen molar-refractivity contribution in [3.8, 4) is 0 Å². The van der Waals surface area contributed by atoms with Crippen LogP contribution < -0.4 is 15.5 Å². The van der Waals surface area contributed by atoms with Crippen molar-refractivity contribution in [3.05, 3.63) is 65.7 Å². The quantitative estimate of drug-likeness (QED) is 0.689. The minimum absolute atomic E-state index is 0.0133. The Morgan fingerprint density at radius 1 is 1.15 bits per heavy atom.